The number of amides is 1. The fourth-order valence-electron chi connectivity index (χ4n) is 1.50. The van der Waals surface area contributed by atoms with Crippen LogP contribution in [-0.4, -0.2) is 22.1 Å². The van der Waals surface area contributed by atoms with E-state index in [9.17, 15) is 13.6 Å². The Balaban J connectivity index is 2.05. The van der Waals surface area contributed by atoms with E-state index in [4.69, 9.17) is 0 Å². The fraction of sp³-hybridized carbons (Fsp3) is 0.167. The average Bonchev–Trinajstić information content (AvgIpc) is 2.75. The third-order valence-electron chi connectivity index (χ3n) is 2.30. The van der Waals surface area contributed by atoms with Crippen LogP contribution in [0.15, 0.2) is 41.1 Å². The van der Waals surface area contributed by atoms with Crippen LogP contribution in [-0.2, 0) is 6.54 Å². The minimum atomic E-state index is -2.48. The molecule has 0 aliphatic carbocycles. The summed E-state index contributed by atoms with van der Waals surface area (Å²) in [5.74, 6) is -0.321. The van der Waals surface area contributed by atoms with Crippen LogP contribution in [0.5, 0.6) is 0 Å². The second-order valence-corrected chi connectivity index (χ2v) is 4.72. The van der Waals surface area contributed by atoms with Crippen molar-refractivity contribution in [1.29, 1.82) is 0 Å². The lowest BCUT2D eigenvalue weighted by molar-refractivity contribution is 0.102. The van der Waals surface area contributed by atoms with Gasteiger partial charge in [-0.3, -0.25) is 9.48 Å². The van der Waals surface area contributed by atoms with Gasteiger partial charge in [-0.2, -0.15) is 5.10 Å². The molecule has 1 N–H and O–H groups in total. The molecule has 0 aliphatic rings. The second kappa shape index (κ2) is 5.92. The van der Waals surface area contributed by atoms with Gasteiger partial charge in [0.2, 0.25) is 0 Å². The highest BCUT2D eigenvalue weighted by atomic mass is 79.9. The van der Waals surface area contributed by atoms with Gasteiger partial charge in [-0.1, -0.05) is 22.0 Å². The van der Waals surface area contributed by atoms with Crippen LogP contribution in [0.1, 0.15) is 10.4 Å². The van der Waals surface area contributed by atoms with Crippen molar-refractivity contribution < 1.29 is 13.6 Å². The largest absolute Gasteiger partial charge is 0.319 e. The molecule has 0 bridgehead atoms. The zero-order chi connectivity index (χ0) is 13.8. The predicted molar refractivity (Wildman–Crippen MR) is 70.3 cm³/mol. The molecule has 7 heteroatoms. The van der Waals surface area contributed by atoms with Crippen molar-refractivity contribution in [3.05, 3.63) is 46.7 Å². The van der Waals surface area contributed by atoms with Gasteiger partial charge in [0, 0.05) is 16.2 Å². The molecule has 0 radical (unpaired) electrons. The smallest absolute Gasteiger partial charge is 0.257 e. The second-order valence-electron chi connectivity index (χ2n) is 3.81. The van der Waals surface area contributed by atoms with Crippen molar-refractivity contribution in [2.45, 2.75) is 13.0 Å². The molecule has 1 aromatic carbocycles. The van der Waals surface area contributed by atoms with Crippen LogP contribution < -0.4 is 5.32 Å². The molecule has 0 fully saturated rings. The van der Waals surface area contributed by atoms with Crippen LogP contribution in [0.4, 0.5) is 14.5 Å². The molecule has 19 heavy (non-hydrogen) atoms. The summed E-state index contributed by atoms with van der Waals surface area (Å²) in [4.78, 5) is 11.9. The molecular formula is C12H10BrF2N3O. The van der Waals surface area contributed by atoms with Gasteiger partial charge in [0.1, 0.15) is 6.54 Å². The van der Waals surface area contributed by atoms with E-state index in [1.807, 2.05) is 0 Å². The fourth-order valence-corrected chi connectivity index (χ4v) is 1.90. The molecule has 0 atom stereocenters. The molecular weight excluding hydrogens is 320 g/mol. The van der Waals surface area contributed by atoms with E-state index < -0.39 is 13.0 Å². The van der Waals surface area contributed by atoms with Crippen molar-refractivity contribution in [3.63, 3.8) is 0 Å². The maximum atomic E-state index is 12.1. The highest BCUT2D eigenvalue weighted by Gasteiger charge is 2.09. The molecule has 2 rings (SSSR count). The van der Waals surface area contributed by atoms with E-state index in [1.165, 1.54) is 12.4 Å². The van der Waals surface area contributed by atoms with E-state index >= 15 is 0 Å². The van der Waals surface area contributed by atoms with Gasteiger partial charge < -0.3 is 5.32 Å². The van der Waals surface area contributed by atoms with E-state index in [0.717, 1.165) is 9.15 Å². The molecule has 4 nitrogen and oxygen atoms in total. The number of carbonyl (C=O) groups excluding carboxylic acids is 1. The number of alkyl halides is 2. The van der Waals surface area contributed by atoms with Gasteiger partial charge in [-0.25, -0.2) is 8.78 Å². The van der Waals surface area contributed by atoms with Crippen LogP contribution in [0.25, 0.3) is 0 Å². The standard InChI is InChI=1S/C12H10BrF2N3O/c13-9-3-1-2-8(4-9)12(19)17-10-5-16-18(6-10)7-11(14)15/h1-6,11H,7H2,(H,17,19). The Hall–Kier alpha value is -1.76. The number of nitrogens with zero attached hydrogens (tertiary/aromatic N) is 2. The lowest BCUT2D eigenvalue weighted by Crippen LogP contribution is -2.11. The molecule has 1 amide bonds. The minimum Gasteiger partial charge on any atom is -0.319 e. The van der Waals surface area contributed by atoms with Crippen molar-refractivity contribution in [2.75, 3.05) is 5.32 Å². The Labute approximate surface area is 116 Å². The number of rotatable bonds is 4. The third kappa shape index (κ3) is 3.85. The van der Waals surface area contributed by atoms with Gasteiger partial charge >= 0.3 is 0 Å². The van der Waals surface area contributed by atoms with Crippen LogP contribution in [0, 0.1) is 0 Å². The number of benzene rings is 1. The van der Waals surface area contributed by atoms with E-state index in [-0.39, 0.29) is 5.91 Å². The minimum absolute atomic E-state index is 0.321. The quantitative estimate of drug-likeness (QED) is 0.936. The first-order valence-electron chi connectivity index (χ1n) is 5.42. The molecule has 0 spiro atoms. The Kier molecular flexibility index (Phi) is 4.26. The van der Waals surface area contributed by atoms with Crippen LogP contribution in [0.2, 0.25) is 0 Å². The van der Waals surface area contributed by atoms with Gasteiger partial charge in [0.15, 0.2) is 0 Å². The summed E-state index contributed by atoms with van der Waals surface area (Å²) in [5, 5.41) is 6.32. The van der Waals surface area contributed by atoms with Crippen molar-refractivity contribution in [3.8, 4) is 0 Å². The number of aromatic nitrogens is 2. The Morgan fingerprint density at radius 3 is 2.95 bits per heavy atom. The monoisotopic (exact) mass is 329 g/mol. The molecule has 0 aliphatic heterocycles. The van der Waals surface area contributed by atoms with Gasteiger partial charge in [-0.15, -0.1) is 0 Å². The predicted octanol–water partition coefficient (Wildman–Crippen LogP) is 3.16. The van der Waals surface area contributed by atoms with Crippen molar-refractivity contribution in [1.82, 2.24) is 9.78 Å². The van der Waals surface area contributed by atoms with E-state index in [1.54, 1.807) is 24.3 Å². The maximum absolute atomic E-state index is 12.1. The Bertz CT molecular complexity index is 586. The molecule has 2 aromatic rings. The molecule has 0 saturated heterocycles. The number of anilines is 1. The molecule has 1 heterocycles. The lowest BCUT2D eigenvalue weighted by Gasteiger charge is -2.02. The van der Waals surface area contributed by atoms with Crippen LogP contribution in [0.3, 0.4) is 0 Å². The SMILES string of the molecule is O=C(Nc1cnn(CC(F)F)c1)c1cccc(Br)c1. The van der Waals surface area contributed by atoms with Crippen molar-refractivity contribution in [2.24, 2.45) is 0 Å². The summed E-state index contributed by atoms with van der Waals surface area (Å²) in [6.45, 7) is -0.493. The summed E-state index contributed by atoms with van der Waals surface area (Å²) in [5.41, 5.74) is 0.849. The topological polar surface area (TPSA) is 46.9 Å². The summed E-state index contributed by atoms with van der Waals surface area (Å²) in [7, 11) is 0. The number of hydrogen-bond acceptors (Lipinski definition) is 2. The highest BCUT2D eigenvalue weighted by Crippen LogP contribution is 2.14. The summed E-state index contributed by atoms with van der Waals surface area (Å²) >= 11 is 3.27. The summed E-state index contributed by atoms with van der Waals surface area (Å²) in [6, 6.07) is 6.86. The van der Waals surface area contributed by atoms with Gasteiger partial charge in [-0.05, 0) is 18.2 Å². The number of nitrogens with one attached hydrogen (secondary N) is 1. The number of halogens is 3. The normalized spacial score (nSPS) is 10.7. The van der Waals surface area contributed by atoms with Crippen LogP contribution >= 0.6 is 15.9 Å². The van der Waals surface area contributed by atoms with Crippen molar-refractivity contribution >= 4 is 27.5 Å². The first kappa shape index (κ1) is 13.7. The zero-order valence-electron chi connectivity index (χ0n) is 9.69. The molecule has 0 saturated carbocycles. The third-order valence-corrected chi connectivity index (χ3v) is 2.80. The molecule has 1 aromatic heterocycles. The number of hydrogen-bond donors (Lipinski definition) is 1. The van der Waals surface area contributed by atoms with Gasteiger partial charge in [0.25, 0.3) is 12.3 Å². The summed E-state index contributed by atoms with van der Waals surface area (Å²) < 4.78 is 26.2. The van der Waals surface area contributed by atoms with E-state index in [0.29, 0.717) is 11.3 Å². The number of carbonyl (C=O) groups is 1. The Morgan fingerprint density at radius 1 is 1.47 bits per heavy atom. The average molecular weight is 330 g/mol. The highest BCUT2D eigenvalue weighted by molar-refractivity contribution is 9.10. The zero-order valence-corrected chi connectivity index (χ0v) is 11.3. The maximum Gasteiger partial charge on any atom is 0.257 e. The first-order chi connectivity index (χ1) is 9.04. The molecule has 100 valence electrons. The first-order valence-corrected chi connectivity index (χ1v) is 6.21. The van der Waals surface area contributed by atoms with Gasteiger partial charge in [0.05, 0.1) is 11.9 Å². The lowest BCUT2D eigenvalue weighted by atomic mass is 10.2. The summed E-state index contributed by atoms with van der Waals surface area (Å²) in [6.07, 6.45) is 0.217. The van der Waals surface area contributed by atoms with E-state index in [2.05, 4.69) is 26.3 Å². The Morgan fingerprint density at radius 2 is 2.26 bits per heavy atom. The molecule has 0 unspecified atom stereocenters.